The Morgan fingerprint density at radius 1 is 1.24 bits per heavy atom. The van der Waals surface area contributed by atoms with E-state index in [-0.39, 0.29) is 0 Å². The third-order valence-electron chi connectivity index (χ3n) is 3.86. The smallest absolute Gasteiger partial charge is 0.151 e. The molecule has 1 atom stereocenters. The fourth-order valence-corrected chi connectivity index (χ4v) is 3.14. The van der Waals surface area contributed by atoms with E-state index < -0.39 is 0 Å². The number of hydrogen-bond acceptors (Lipinski definition) is 5. The molecular formula is C16H19N3OS. The van der Waals surface area contributed by atoms with Gasteiger partial charge in [0.25, 0.3) is 0 Å². The van der Waals surface area contributed by atoms with Crippen LogP contribution in [0.15, 0.2) is 41.4 Å². The molecule has 1 unspecified atom stereocenters. The average Bonchev–Trinajstić information content (AvgIpc) is 3.04. The summed E-state index contributed by atoms with van der Waals surface area (Å²) in [6.45, 7) is 1.02. The Hall–Kier alpha value is -1.75. The molecule has 0 N–H and O–H groups in total. The second-order valence-corrected chi connectivity index (χ2v) is 5.89. The van der Waals surface area contributed by atoms with Crippen molar-refractivity contribution in [3.8, 4) is 5.75 Å². The molecule has 1 fully saturated rings. The van der Waals surface area contributed by atoms with Gasteiger partial charge in [0.1, 0.15) is 10.8 Å². The molecule has 0 bridgehead atoms. The van der Waals surface area contributed by atoms with Crippen LogP contribution in [0.3, 0.4) is 0 Å². The Balaban J connectivity index is 1.87. The molecule has 5 heteroatoms. The van der Waals surface area contributed by atoms with Gasteiger partial charge in [-0.15, -0.1) is 22.0 Å². The van der Waals surface area contributed by atoms with Crippen molar-refractivity contribution in [2.24, 2.45) is 0 Å². The number of aromatic nitrogens is 2. The second kappa shape index (κ2) is 6.35. The SMILES string of the molecule is COc1cccc(C2CCCN2c2ccc(SC)nn2)c1. The highest BCUT2D eigenvalue weighted by molar-refractivity contribution is 7.98. The maximum Gasteiger partial charge on any atom is 0.151 e. The highest BCUT2D eigenvalue weighted by Gasteiger charge is 2.27. The number of methoxy groups -OCH3 is 1. The first-order chi connectivity index (χ1) is 10.3. The molecule has 0 aliphatic carbocycles. The van der Waals surface area contributed by atoms with Gasteiger partial charge in [-0.05, 0) is 48.9 Å². The van der Waals surface area contributed by atoms with Gasteiger partial charge in [-0.3, -0.25) is 0 Å². The summed E-state index contributed by atoms with van der Waals surface area (Å²) < 4.78 is 5.34. The van der Waals surface area contributed by atoms with Crippen LogP contribution < -0.4 is 9.64 Å². The van der Waals surface area contributed by atoms with Crippen molar-refractivity contribution < 1.29 is 4.74 Å². The predicted molar refractivity (Wildman–Crippen MR) is 86.1 cm³/mol. The number of rotatable bonds is 4. The number of benzene rings is 1. The Morgan fingerprint density at radius 3 is 2.86 bits per heavy atom. The third-order valence-corrected chi connectivity index (χ3v) is 4.50. The summed E-state index contributed by atoms with van der Waals surface area (Å²) in [5.74, 6) is 1.86. The number of nitrogens with zero attached hydrogens (tertiary/aromatic N) is 3. The molecule has 0 amide bonds. The van der Waals surface area contributed by atoms with E-state index in [2.05, 4.69) is 33.3 Å². The first-order valence-corrected chi connectivity index (χ1v) is 8.32. The largest absolute Gasteiger partial charge is 0.497 e. The maximum atomic E-state index is 5.34. The van der Waals surface area contributed by atoms with Crippen molar-refractivity contribution in [3.63, 3.8) is 0 Å². The minimum absolute atomic E-state index is 0.356. The Morgan fingerprint density at radius 2 is 2.14 bits per heavy atom. The summed E-state index contributed by atoms with van der Waals surface area (Å²) in [5.41, 5.74) is 1.28. The number of thioether (sulfide) groups is 1. The van der Waals surface area contributed by atoms with Gasteiger partial charge in [-0.2, -0.15) is 0 Å². The zero-order valence-corrected chi connectivity index (χ0v) is 13.1. The van der Waals surface area contributed by atoms with Gasteiger partial charge in [-0.1, -0.05) is 12.1 Å². The van der Waals surface area contributed by atoms with Gasteiger partial charge in [0.05, 0.1) is 13.2 Å². The predicted octanol–water partition coefficient (Wildman–Crippen LogP) is 3.55. The lowest BCUT2D eigenvalue weighted by molar-refractivity contribution is 0.414. The standard InChI is InChI=1S/C16H19N3OS/c1-20-13-6-3-5-12(11-13)14-7-4-10-19(14)15-8-9-16(21-2)18-17-15/h3,5-6,8-9,11,14H,4,7,10H2,1-2H3. The van der Waals surface area contributed by atoms with E-state index in [9.17, 15) is 0 Å². The molecule has 1 aliphatic rings. The Bertz CT molecular complexity index is 603. The van der Waals surface area contributed by atoms with Gasteiger partial charge in [0.2, 0.25) is 0 Å². The summed E-state index contributed by atoms with van der Waals surface area (Å²) in [6, 6.07) is 12.8. The van der Waals surface area contributed by atoms with E-state index in [1.54, 1.807) is 18.9 Å². The summed E-state index contributed by atoms with van der Waals surface area (Å²) in [7, 11) is 1.71. The van der Waals surface area contributed by atoms with Crippen LogP contribution in [0.2, 0.25) is 0 Å². The lowest BCUT2D eigenvalue weighted by atomic mass is 10.0. The first-order valence-electron chi connectivity index (χ1n) is 7.10. The van der Waals surface area contributed by atoms with Crippen molar-refractivity contribution in [1.29, 1.82) is 0 Å². The molecule has 1 aromatic carbocycles. The molecule has 0 radical (unpaired) electrons. The van der Waals surface area contributed by atoms with E-state index in [4.69, 9.17) is 4.74 Å². The molecule has 2 heterocycles. The number of anilines is 1. The van der Waals surface area contributed by atoms with Crippen LogP contribution in [0.5, 0.6) is 5.75 Å². The van der Waals surface area contributed by atoms with E-state index in [1.807, 2.05) is 24.5 Å². The van der Waals surface area contributed by atoms with Crippen LogP contribution in [-0.4, -0.2) is 30.1 Å². The molecular weight excluding hydrogens is 282 g/mol. The minimum Gasteiger partial charge on any atom is -0.497 e. The average molecular weight is 301 g/mol. The normalized spacial score (nSPS) is 18.0. The van der Waals surface area contributed by atoms with Gasteiger partial charge >= 0.3 is 0 Å². The van der Waals surface area contributed by atoms with Gasteiger partial charge in [0.15, 0.2) is 5.82 Å². The van der Waals surface area contributed by atoms with Crippen LogP contribution in [-0.2, 0) is 0 Å². The molecule has 21 heavy (non-hydrogen) atoms. The van der Waals surface area contributed by atoms with Gasteiger partial charge in [0, 0.05) is 6.54 Å². The summed E-state index contributed by atoms with van der Waals surface area (Å²) in [4.78, 5) is 2.34. The van der Waals surface area contributed by atoms with Gasteiger partial charge in [-0.25, -0.2) is 0 Å². The van der Waals surface area contributed by atoms with E-state index in [0.717, 1.165) is 29.6 Å². The lowest BCUT2D eigenvalue weighted by Crippen LogP contribution is -2.23. The van der Waals surface area contributed by atoms with E-state index >= 15 is 0 Å². The molecule has 1 aliphatic heterocycles. The summed E-state index contributed by atoms with van der Waals surface area (Å²) >= 11 is 1.61. The van der Waals surface area contributed by atoms with Crippen molar-refractivity contribution >= 4 is 17.6 Å². The zero-order chi connectivity index (χ0) is 14.7. The number of ether oxygens (including phenoxy) is 1. The number of hydrogen-bond donors (Lipinski definition) is 0. The molecule has 4 nitrogen and oxygen atoms in total. The highest BCUT2D eigenvalue weighted by atomic mass is 32.2. The lowest BCUT2D eigenvalue weighted by Gasteiger charge is -2.26. The fourth-order valence-electron chi connectivity index (χ4n) is 2.81. The van der Waals surface area contributed by atoms with Crippen molar-refractivity contribution in [3.05, 3.63) is 42.0 Å². The quantitative estimate of drug-likeness (QED) is 0.807. The Labute approximate surface area is 129 Å². The highest BCUT2D eigenvalue weighted by Crippen LogP contribution is 2.36. The fraction of sp³-hybridized carbons (Fsp3) is 0.375. The van der Waals surface area contributed by atoms with Crippen LogP contribution in [0.25, 0.3) is 0 Å². The van der Waals surface area contributed by atoms with Crippen LogP contribution in [0, 0.1) is 0 Å². The monoisotopic (exact) mass is 301 g/mol. The van der Waals surface area contributed by atoms with Crippen LogP contribution in [0.1, 0.15) is 24.4 Å². The molecule has 2 aromatic rings. The van der Waals surface area contributed by atoms with E-state index in [0.29, 0.717) is 6.04 Å². The van der Waals surface area contributed by atoms with E-state index in [1.165, 1.54) is 12.0 Å². The Kier molecular flexibility index (Phi) is 4.29. The molecule has 0 spiro atoms. The van der Waals surface area contributed by atoms with Crippen LogP contribution >= 0.6 is 11.8 Å². The topological polar surface area (TPSA) is 38.2 Å². The molecule has 110 valence electrons. The maximum absolute atomic E-state index is 5.34. The van der Waals surface area contributed by atoms with Crippen LogP contribution in [0.4, 0.5) is 5.82 Å². The van der Waals surface area contributed by atoms with Crippen molar-refractivity contribution in [2.45, 2.75) is 23.9 Å². The minimum atomic E-state index is 0.356. The van der Waals surface area contributed by atoms with Crippen molar-refractivity contribution in [2.75, 3.05) is 24.8 Å². The molecule has 1 aromatic heterocycles. The second-order valence-electron chi connectivity index (χ2n) is 5.06. The zero-order valence-electron chi connectivity index (χ0n) is 12.3. The molecule has 0 saturated carbocycles. The summed E-state index contributed by atoms with van der Waals surface area (Å²) in [5, 5.41) is 9.58. The summed E-state index contributed by atoms with van der Waals surface area (Å²) in [6.07, 6.45) is 4.32. The molecule has 1 saturated heterocycles. The first kappa shape index (κ1) is 14.2. The third kappa shape index (κ3) is 2.97. The van der Waals surface area contributed by atoms with Crippen molar-refractivity contribution in [1.82, 2.24) is 10.2 Å². The molecule has 3 rings (SSSR count). The van der Waals surface area contributed by atoms with Gasteiger partial charge < -0.3 is 9.64 Å².